The largest absolute Gasteiger partial charge is 0.480 e. The number of carbonyl (C=O) groups excluding carboxylic acids is 1. The summed E-state index contributed by atoms with van der Waals surface area (Å²) in [6, 6.07) is 1.90. The van der Waals surface area contributed by atoms with Crippen molar-refractivity contribution >= 4 is 23.2 Å². The molecule has 2 aromatic heterocycles. The number of amides is 1. The zero-order valence-electron chi connectivity index (χ0n) is 14.7. The monoisotopic (exact) mass is 377 g/mol. The van der Waals surface area contributed by atoms with Crippen molar-refractivity contribution in [1.29, 1.82) is 0 Å². The van der Waals surface area contributed by atoms with Gasteiger partial charge in [0.25, 0.3) is 0 Å². The lowest BCUT2D eigenvalue weighted by molar-refractivity contribution is -0.149. The van der Waals surface area contributed by atoms with Crippen LogP contribution in [0, 0.1) is 5.92 Å². The van der Waals surface area contributed by atoms with Gasteiger partial charge in [-0.05, 0) is 43.0 Å². The standard InChI is InChI=1S/C18H23N3O4S/c1-2-12-5-8-18(9-6-12,17(23)24)20-14(22)3-4-15-19-16(21-25-15)13-7-10-26-11-13/h7,10-12H,2-6,8-9H2,1H3,(H,20,22)(H,23,24). The van der Waals surface area contributed by atoms with Crippen molar-refractivity contribution < 1.29 is 19.2 Å². The first-order valence-corrected chi connectivity index (χ1v) is 9.86. The first kappa shape index (κ1) is 18.6. The quantitative estimate of drug-likeness (QED) is 0.767. The van der Waals surface area contributed by atoms with E-state index in [0.29, 0.717) is 30.5 Å². The fourth-order valence-electron chi connectivity index (χ4n) is 3.39. The molecule has 2 N–H and O–H groups in total. The molecule has 140 valence electrons. The molecule has 1 aliphatic carbocycles. The fraction of sp³-hybridized carbons (Fsp3) is 0.556. The first-order chi connectivity index (χ1) is 12.5. The highest BCUT2D eigenvalue weighted by Crippen LogP contribution is 2.34. The Kier molecular flexibility index (Phi) is 5.70. The predicted molar refractivity (Wildman–Crippen MR) is 96.7 cm³/mol. The summed E-state index contributed by atoms with van der Waals surface area (Å²) in [6.07, 6.45) is 4.08. The molecule has 2 aromatic rings. The lowest BCUT2D eigenvalue weighted by Crippen LogP contribution is -2.56. The molecule has 8 heteroatoms. The summed E-state index contributed by atoms with van der Waals surface area (Å²) in [5, 5.41) is 20.1. The highest BCUT2D eigenvalue weighted by atomic mass is 32.1. The van der Waals surface area contributed by atoms with Crippen molar-refractivity contribution in [3.05, 3.63) is 22.7 Å². The average Bonchev–Trinajstić information content (AvgIpc) is 3.32. The zero-order chi connectivity index (χ0) is 18.6. The number of hydrogen-bond donors (Lipinski definition) is 2. The van der Waals surface area contributed by atoms with Crippen molar-refractivity contribution in [2.75, 3.05) is 0 Å². The van der Waals surface area contributed by atoms with Gasteiger partial charge in [-0.3, -0.25) is 4.79 Å². The molecular formula is C18H23N3O4S. The van der Waals surface area contributed by atoms with Gasteiger partial charge in [0.1, 0.15) is 5.54 Å². The van der Waals surface area contributed by atoms with Crippen LogP contribution < -0.4 is 5.32 Å². The van der Waals surface area contributed by atoms with E-state index in [9.17, 15) is 14.7 Å². The van der Waals surface area contributed by atoms with Crippen LogP contribution in [0.25, 0.3) is 11.4 Å². The molecule has 1 saturated carbocycles. The van der Waals surface area contributed by atoms with Crippen molar-refractivity contribution in [2.24, 2.45) is 5.92 Å². The summed E-state index contributed by atoms with van der Waals surface area (Å²) < 4.78 is 5.18. The summed E-state index contributed by atoms with van der Waals surface area (Å²) in [4.78, 5) is 28.4. The van der Waals surface area contributed by atoms with Crippen LogP contribution >= 0.6 is 11.3 Å². The molecule has 0 atom stereocenters. The molecule has 3 rings (SSSR count). The third-order valence-corrected chi connectivity index (χ3v) is 5.82. The molecule has 0 bridgehead atoms. The van der Waals surface area contributed by atoms with E-state index in [1.54, 1.807) is 11.3 Å². The van der Waals surface area contributed by atoms with Crippen LogP contribution in [0.5, 0.6) is 0 Å². The Morgan fingerprint density at radius 2 is 2.19 bits per heavy atom. The lowest BCUT2D eigenvalue weighted by Gasteiger charge is -2.37. The molecule has 2 heterocycles. The summed E-state index contributed by atoms with van der Waals surface area (Å²) in [7, 11) is 0. The Bertz CT molecular complexity index is 748. The number of carboxylic acid groups (broad SMARTS) is 1. The van der Waals surface area contributed by atoms with E-state index in [4.69, 9.17) is 4.52 Å². The summed E-state index contributed by atoms with van der Waals surface area (Å²) >= 11 is 1.54. The Morgan fingerprint density at radius 3 is 2.81 bits per heavy atom. The van der Waals surface area contributed by atoms with Crippen molar-refractivity contribution in [3.8, 4) is 11.4 Å². The number of aryl methyl sites for hydroxylation is 1. The maximum absolute atomic E-state index is 12.3. The van der Waals surface area contributed by atoms with Crippen molar-refractivity contribution in [2.45, 2.75) is 57.4 Å². The molecular weight excluding hydrogens is 354 g/mol. The van der Waals surface area contributed by atoms with Crippen molar-refractivity contribution in [1.82, 2.24) is 15.5 Å². The number of nitrogens with zero attached hydrogens (tertiary/aromatic N) is 2. The Morgan fingerprint density at radius 1 is 1.42 bits per heavy atom. The van der Waals surface area contributed by atoms with Gasteiger partial charge in [-0.2, -0.15) is 16.3 Å². The second-order valence-electron chi connectivity index (χ2n) is 6.81. The summed E-state index contributed by atoms with van der Waals surface area (Å²) in [5.74, 6) is 0.186. The van der Waals surface area contributed by atoms with Crippen LogP contribution in [0.3, 0.4) is 0 Å². The number of nitrogens with one attached hydrogen (secondary N) is 1. The smallest absolute Gasteiger partial charge is 0.329 e. The first-order valence-electron chi connectivity index (χ1n) is 8.92. The minimum absolute atomic E-state index is 0.123. The average molecular weight is 377 g/mol. The zero-order valence-corrected chi connectivity index (χ0v) is 15.6. The van der Waals surface area contributed by atoms with Gasteiger partial charge < -0.3 is 14.9 Å². The van der Waals surface area contributed by atoms with E-state index in [1.165, 1.54) is 0 Å². The minimum atomic E-state index is -1.14. The number of thiophene rings is 1. The van der Waals surface area contributed by atoms with Gasteiger partial charge in [-0.25, -0.2) is 4.79 Å². The highest BCUT2D eigenvalue weighted by molar-refractivity contribution is 7.08. The third kappa shape index (κ3) is 4.12. The molecule has 1 fully saturated rings. The molecule has 7 nitrogen and oxygen atoms in total. The molecule has 0 unspecified atom stereocenters. The normalized spacial score (nSPS) is 22.9. The van der Waals surface area contributed by atoms with E-state index >= 15 is 0 Å². The van der Waals surface area contributed by atoms with Crippen LogP contribution in [-0.2, 0) is 16.0 Å². The van der Waals surface area contributed by atoms with Gasteiger partial charge in [0, 0.05) is 23.8 Å². The second kappa shape index (κ2) is 7.99. The number of carboxylic acids is 1. The highest BCUT2D eigenvalue weighted by Gasteiger charge is 2.42. The molecule has 1 aliphatic rings. The summed E-state index contributed by atoms with van der Waals surface area (Å²) in [6.45, 7) is 2.12. The van der Waals surface area contributed by atoms with Gasteiger partial charge in [0.2, 0.25) is 17.6 Å². The molecule has 0 aromatic carbocycles. The second-order valence-corrected chi connectivity index (χ2v) is 7.59. The Balaban J connectivity index is 1.55. The predicted octanol–water partition coefficient (Wildman–Crippen LogP) is 3.27. The number of rotatable bonds is 7. The summed E-state index contributed by atoms with van der Waals surface area (Å²) in [5.41, 5.74) is -0.258. The van der Waals surface area contributed by atoms with Gasteiger partial charge >= 0.3 is 5.97 Å². The Labute approximate surface area is 155 Å². The Hall–Kier alpha value is -2.22. The van der Waals surface area contributed by atoms with Gasteiger partial charge in [0.05, 0.1) is 0 Å². The lowest BCUT2D eigenvalue weighted by atomic mass is 9.75. The minimum Gasteiger partial charge on any atom is -0.480 e. The SMILES string of the molecule is CCC1CCC(NC(=O)CCc2nc(-c3ccsc3)no2)(C(=O)O)CC1. The molecule has 0 saturated heterocycles. The van der Waals surface area contributed by atoms with Crippen LogP contribution in [0.15, 0.2) is 21.3 Å². The van der Waals surface area contributed by atoms with E-state index in [0.717, 1.165) is 24.8 Å². The molecule has 26 heavy (non-hydrogen) atoms. The third-order valence-electron chi connectivity index (χ3n) is 5.14. The number of carbonyl (C=O) groups is 2. The van der Waals surface area contributed by atoms with Crippen LogP contribution in [0.4, 0.5) is 0 Å². The van der Waals surface area contributed by atoms with E-state index < -0.39 is 11.5 Å². The molecule has 0 spiro atoms. The van der Waals surface area contributed by atoms with Crippen LogP contribution in [0.1, 0.15) is 51.3 Å². The number of hydrogen-bond acceptors (Lipinski definition) is 6. The van der Waals surface area contributed by atoms with E-state index in [-0.39, 0.29) is 18.7 Å². The van der Waals surface area contributed by atoms with Gasteiger partial charge in [0.15, 0.2) is 0 Å². The van der Waals surface area contributed by atoms with Crippen LogP contribution in [-0.4, -0.2) is 32.7 Å². The van der Waals surface area contributed by atoms with Gasteiger partial charge in [-0.1, -0.05) is 18.5 Å². The molecule has 1 amide bonds. The topological polar surface area (TPSA) is 105 Å². The number of aliphatic carboxylic acids is 1. The van der Waals surface area contributed by atoms with E-state index in [1.807, 2.05) is 16.8 Å². The van der Waals surface area contributed by atoms with Crippen LogP contribution in [0.2, 0.25) is 0 Å². The molecule has 0 aliphatic heterocycles. The number of aromatic nitrogens is 2. The fourth-order valence-corrected chi connectivity index (χ4v) is 4.02. The maximum atomic E-state index is 12.3. The van der Waals surface area contributed by atoms with E-state index in [2.05, 4.69) is 22.4 Å². The van der Waals surface area contributed by atoms with Gasteiger partial charge in [-0.15, -0.1) is 0 Å². The van der Waals surface area contributed by atoms with Crippen molar-refractivity contribution in [3.63, 3.8) is 0 Å². The maximum Gasteiger partial charge on any atom is 0.329 e. The molecule has 0 radical (unpaired) electrons.